The fourth-order valence-corrected chi connectivity index (χ4v) is 1.29. The molecule has 0 amide bonds. The molecule has 0 unspecified atom stereocenters. The van der Waals surface area contributed by atoms with Crippen LogP contribution < -0.4 is 0 Å². The lowest BCUT2D eigenvalue weighted by Crippen LogP contribution is -2.14. The van der Waals surface area contributed by atoms with Gasteiger partial charge in [0.15, 0.2) is 0 Å². The quantitative estimate of drug-likeness (QED) is 0.547. The molecule has 0 aliphatic carbocycles. The van der Waals surface area contributed by atoms with Crippen molar-refractivity contribution < 1.29 is 0 Å². The molecule has 9 heavy (non-hydrogen) atoms. The van der Waals surface area contributed by atoms with E-state index in [-0.39, 0.29) is 0 Å². The molecule has 1 nitrogen and oxygen atoms in total. The van der Waals surface area contributed by atoms with Crippen LogP contribution in [0.25, 0.3) is 0 Å². The van der Waals surface area contributed by atoms with E-state index < -0.39 is 0 Å². The summed E-state index contributed by atoms with van der Waals surface area (Å²) in [7, 11) is 0. The Labute approximate surface area is 62.3 Å². The van der Waals surface area contributed by atoms with Crippen molar-refractivity contribution in [3.05, 3.63) is 12.0 Å². The molecular formula is C7H15NS. The van der Waals surface area contributed by atoms with E-state index in [1.807, 2.05) is 5.41 Å². The van der Waals surface area contributed by atoms with Crippen LogP contribution in [0.2, 0.25) is 0 Å². The average Bonchev–Trinajstić information content (AvgIpc) is 1.88. The number of rotatable bonds is 5. The van der Waals surface area contributed by atoms with Gasteiger partial charge in [-0.15, -0.1) is 0 Å². The molecule has 0 N–H and O–H groups in total. The first-order valence-corrected chi connectivity index (χ1v) is 4.21. The van der Waals surface area contributed by atoms with Gasteiger partial charge < -0.3 is 0 Å². The molecule has 0 saturated carbocycles. The van der Waals surface area contributed by atoms with Crippen molar-refractivity contribution in [3.8, 4) is 0 Å². The van der Waals surface area contributed by atoms with Crippen LogP contribution >= 0.6 is 11.9 Å². The second kappa shape index (κ2) is 6.17. The molecule has 0 saturated heterocycles. The molecule has 0 fully saturated rings. The first-order chi connectivity index (χ1) is 4.35. The Morgan fingerprint density at radius 1 is 1.56 bits per heavy atom. The van der Waals surface area contributed by atoms with Gasteiger partial charge in [-0.25, -0.2) is 4.31 Å². The predicted molar refractivity (Wildman–Crippen MR) is 45.3 cm³/mol. The minimum Gasteiger partial charge on any atom is -0.247 e. The Morgan fingerprint density at radius 3 is 2.56 bits per heavy atom. The highest BCUT2D eigenvalue weighted by Gasteiger charge is 1.95. The first-order valence-electron chi connectivity index (χ1n) is 3.37. The molecule has 54 valence electrons. The topological polar surface area (TPSA) is 3.24 Å². The Balaban J connectivity index is 3.28. The Kier molecular flexibility index (Phi) is 6.21. The molecule has 0 heterocycles. The minimum absolute atomic E-state index is 1.10. The molecule has 0 aromatic rings. The van der Waals surface area contributed by atoms with E-state index in [0.29, 0.717) is 0 Å². The second-order valence-corrected chi connectivity index (χ2v) is 2.85. The zero-order valence-electron chi connectivity index (χ0n) is 6.26. The molecule has 0 spiro atoms. The molecule has 0 aromatic carbocycles. The maximum atomic E-state index is 3.65. The van der Waals surface area contributed by atoms with E-state index in [0.717, 1.165) is 13.1 Å². The summed E-state index contributed by atoms with van der Waals surface area (Å²) in [4.78, 5) is 0. The third-order valence-corrected chi connectivity index (χ3v) is 1.94. The molecule has 0 atom stereocenters. The maximum absolute atomic E-state index is 3.65. The van der Waals surface area contributed by atoms with Crippen molar-refractivity contribution in [1.82, 2.24) is 4.31 Å². The second-order valence-electron chi connectivity index (χ2n) is 1.79. The van der Waals surface area contributed by atoms with Gasteiger partial charge in [0, 0.05) is 13.1 Å². The van der Waals surface area contributed by atoms with Crippen molar-refractivity contribution >= 4 is 11.9 Å². The van der Waals surface area contributed by atoms with Gasteiger partial charge in [-0.2, -0.15) is 0 Å². The average molecular weight is 145 g/mol. The van der Waals surface area contributed by atoms with Gasteiger partial charge in [-0.05, 0) is 11.8 Å². The van der Waals surface area contributed by atoms with Gasteiger partial charge in [0.25, 0.3) is 0 Å². The summed E-state index contributed by atoms with van der Waals surface area (Å²) in [6.45, 7) is 10.3. The smallest absolute Gasteiger partial charge is 0.00896 e. The van der Waals surface area contributed by atoms with Crippen LogP contribution in [0.5, 0.6) is 0 Å². The molecule has 0 rings (SSSR count). The predicted octanol–water partition coefficient (Wildman–Crippen LogP) is 2.51. The fraction of sp³-hybridized carbons (Fsp3) is 0.714. The Bertz CT molecular complexity index is 73.3. The van der Waals surface area contributed by atoms with Crippen molar-refractivity contribution in [2.75, 3.05) is 13.1 Å². The van der Waals surface area contributed by atoms with Crippen LogP contribution in [0, 0.1) is 0 Å². The van der Waals surface area contributed by atoms with Gasteiger partial charge in [0.05, 0.1) is 0 Å². The van der Waals surface area contributed by atoms with Crippen LogP contribution in [0.15, 0.2) is 12.0 Å². The van der Waals surface area contributed by atoms with Crippen molar-refractivity contribution in [3.63, 3.8) is 0 Å². The highest BCUT2D eigenvalue weighted by Crippen LogP contribution is 2.08. The molecule has 2 heteroatoms. The van der Waals surface area contributed by atoms with Gasteiger partial charge >= 0.3 is 0 Å². The van der Waals surface area contributed by atoms with Crippen molar-refractivity contribution in [1.29, 1.82) is 0 Å². The van der Waals surface area contributed by atoms with E-state index >= 15 is 0 Å². The maximum Gasteiger partial charge on any atom is 0.00896 e. The highest BCUT2D eigenvalue weighted by molar-refractivity contribution is 7.99. The highest BCUT2D eigenvalue weighted by atomic mass is 32.2. The molecule has 0 aliphatic rings. The van der Waals surface area contributed by atoms with Crippen LogP contribution in [0.3, 0.4) is 0 Å². The SMILES string of the molecule is C=CSN(CC)CCC. The van der Waals surface area contributed by atoms with E-state index in [2.05, 4.69) is 24.7 Å². The van der Waals surface area contributed by atoms with Crippen LogP contribution in [0.4, 0.5) is 0 Å². The van der Waals surface area contributed by atoms with Crippen LogP contribution in [0.1, 0.15) is 20.3 Å². The summed E-state index contributed by atoms with van der Waals surface area (Å²) < 4.78 is 2.28. The van der Waals surface area contributed by atoms with Crippen LogP contribution in [-0.2, 0) is 0 Å². The Morgan fingerprint density at radius 2 is 2.22 bits per heavy atom. The zero-order chi connectivity index (χ0) is 7.11. The number of hydrogen-bond donors (Lipinski definition) is 0. The van der Waals surface area contributed by atoms with E-state index in [1.54, 1.807) is 11.9 Å². The normalized spacial score (nSPS) is 10.1. The summed E-state index contributed by atoms with van der Waals surface area (Å²) in [5.41, 5.74) is 0. The third-order valence-electron chi connectivity index (χ3n) is 1.05. The lowest BCUT2D eigenvalue weighted by Gasteiger charge is -2.14. The molecule has 0 radical (unpaired) electrons. The van der Waals surface area contributed by atoms with E-state index in [9.17, 15) is 0 Å². The summed E-state index contributed by atoms with van der Waals surface area (Å²) in [5.74, 6) is 0. The van der Waals surface area contributed by atoms with Crippen molar-refractivity contribution in [2.45, 2.75) is 20.3 Å². The standard InChI is InChI=1S/C7H15NS/c1-4-7-8(5-2)9-6-3/h6H,3-5,7H2,1-2H3. The molecule has 0 aliphatic heterocycles. The summed E-state index contributed by atoms with van der Waals surface area (Å²) >= 11 is 1.70. The number of nitrogens with zero attached hydrogens (tertiary/aromatic N) is 1. The minimum atomic E-state index is 1.10. The van der Waals surface area contributed by atoms with Gasteiger partial charge in [-0.1, -0.05) is 32.4 Å². The molecule has 0 bridgehead atoms. The Hall–Kier alpha value is 0.0500. The third kappa shape index (κ3) is 4.55. The monoisotopic (exact) mass is 145 g/mol. The number of hydrogen-bond acceptors (Lipinski definition) is 2. The van der Waals surface area contributed by atoms with Crippen LogP contribution in [-0.4, -0.2) is 17.4 Å². The summed E-state index contributed by atoms with van der Waals surface area (Å²) in [5, 5.41) is 1.87. The fourth-order valence-electron chi connectivity index (χ4n) is 0.640. The molecular weight excluding hydrogens is 130 g/mol. The largest absolute Gasteiger partial charge is 0.247 e. The van der Waals surface area contributed by atoms with Crippen molar-refractivity contribution in [2.24, 2.45) is 0 Å². The lowest BCUT2D eigenvalue weighted by molar-refractivity contribution is 0.496. The first kappa shape index (κ1) is 9.05. The van der Waals surface area contributed by atoms with Gasteiger partial charge in [-0.3, -0.25) is 0 Å². The zero-order valence-corrected chi connectivity index (χ0v) is 7.08. The van der Waals surface area contributed by atoms with E-state index in [4.69, 9.17) is 0 Å². The van der Waals surface area contributed by atoms with Gasteiger partial charge in [0.2, 0.25) is 0 Å². The van der Waals surface area contributed by atoms with E-state index in [1.165, 1.54) is 6.42 Å². The lowest BCUT2D eigenvalue weighted by atomic mass is 10.5. The van der Waals surface area contributed by atoms with Gasteiger partial charge in [0.1, 0.15) is 0 Å². The summed E-state index contributed by atoms with van der Waals surface area (Å²) in [6.07, 6.45) is 1.22. The summed E-state index contributed by atoms with van der Waals surface area (Å²) in [6, 6.07) is 0. The molecule has 0 aromatic heterocycles.